The number of nitrogens with zero attached hydrogens (tertiary/aromatic N) is 1. The molecule has 0 spiro atoms. The van der Waals surface area contributed by atoms with E-state index in [1.54, 1.807) is 6.07 Å². The van der Waals surface area contributed by atoms with Crippen LogP contribution < -0.4 is 11.4 Å². The molecule has 4 nitrogen and oxygen atoms in total. The maximum atomic E-state index is 11.7. The summed E-state index contributed by atoms with van der Waals surface area (Å²) in [7, 11) is 0. The van der Waals surface area contributed by atoms with Crippen LogP contribution in [0.4, 0.5) is 0 Å². The summed E-state index contributed by atoms with van der Waals surface area (Å²) in [5.74, 6) is 0. The molecule has 2 heterocycles. The van der Waals surface area contributed by atoms with Gasteiger partial charge in [0.2, 0.25) is 0 Å². The number of nitrogens with two attached hydrogens (primary N) is 1. The predicted octanol–water partition coefficient (Wildman–Crippen LogP) is 2.48. The summed E-state index contributed by atoms with van der Waals surface area (Å²) in [6.07, 6.45) is 2.20. The molecule has 0 aliphatic carbocycles. The van der Waals surface area contributed by atoms with Crippen molar-refractivity contribution in [3.63, 3.8) is 0 Å². The lowest BCUT2D eigenvalue weighted by Crippen LogP contribution is -2.42. The molecule has 0 unspecified atom stereocenters. The van der Waals surface area contributed by atoms with Gasteiger partial charge in [0.1, 0.15) is 5.58 Å². The Morgan fingerprint density at radius 3 is 3.05 bits per heavy atom. The van der Waals surface area contributed by atoms with Gasteiger partial charge < -0.3 is 10.2 Å². The first-order chi connectivity index (χ1) is 9.61. The number of benzene rings is 1. The second-order valence-electron chi connectivity index (χ2n) is 5.37. The fourth-order valence-electron chi connectivity index (χ4n) is 2.81. The van der Waals surface area contributed by atoms with Crippen LogP contribution in [0.3, 0.4) is 0 Å². The van der Waals surface area contributed by atoms with E-state index in [0.29, 0.717) is 5.58 Å². The Labute approximate surface area is 125 Å². The molecule has 1 aliphatic rings. The quantitative estimate of drug-likeness (QED) is 0.856. The molecule has 2 N–H and O–H groups in total. The summed E-state index contributed by atoms with van der Waals surface area (Å²) in [5, 5.41) is 0.993. The van der Waals surface area contributed by atoms with Crippen LogP contribution in [0, 0.1) is 0 Å². The molecule has 2 aromatic rings. The number of halogens is 1. The van der Waals surface area contributed by atoms with Crippen molar-refractivity contribution >= 4 is 26.9 Å². The third kappa shape index (κ3) is 2.95. The van der Waals surface area contributed by atoms with Crippen LogP contribution in [-0.2, 0) is 6.54 Å². The average molecular weight is 337 g/mol. The Hall–Kier alpha value is -1.17. The van der Waals surface area contributed by atoms with Gasteiger partial charge in [-0.05, 0) is 43.1 Å². The van der Waals surface area contributed by atoms with E-state index in [0.717, 1.165) is 47.9 Å². The lowest BCUT2D eigenvalue weighted by atomic mass is 10.0. The molecule has 3 rings (SSSR count). The standard InChI is InChI=1S/C15H17BrN2O2/c16-11-3-4-13-10(6-15(19)20-14(13)7-11)8-18-5-1-2-12(17)9-18/h3-4,6-7,12H,1-2,5,8-9,17H2/t12-/m1/s1. The minimum absolute atomic E-state index is 0.240. The summed E-state index contributed by atoms with van der Waals surface area (Å²) in [5.41, 5.74) is 7.35. The van der Waals surface area contributed by atoms with Gasteiger partial charge in [-0.3, -0.25) is 4.90 Å². The zero-order valence-corrected chi connectivity index (χ0v) is 12.7. The van der Waals surface area contributed by atoms with Gasteiger partial charge in [0, 0.05) is 35.1 Å². The van der Waals surface area contributed by atoms with Crippen molar-refractivity contribution in [1.29, 1.82) is 0 Å². The Kier molecular flexibility index (Phi) is 3.92. The first-order valence-corrected chi connectivity index (χ1v) is 7.61. The first-order valence-electron chi connectivity index (χ1n) is 6.82. The third-order valence-corrected chi connectivity index (χ3v) is 4.22. The Bertz CT molecular complexity index is 683. The molecule has 1 aliphatic heterocycles. The molecule has 0 amide bonds. The minimum Gasteiger partial charge on any atom is -0.423 e. The van der Waals surface area contributed by atoms with Crippen LogP contribution in [0.25, 0.3) is 11.0 Å². The van der Waals surface area contributed by atoms with E-state index in [2.05, 4.69) is 20.8 Å². The highest BCUT2D eigenvalue weighted by molar-refractivity contribution is 9.10. The molecule has 1 fully saturated rings. The molecule has 1 aromatic carbocycles. The number of piperidine rings is 1. The average Bonchev–Trinajstić information content (AvgIpc) is 2.37. The number of fused-ring (bicyclic) bond motifs is 1. The van der Waals surface area contributed by atoms with E-state index in [9.17, 15) is 4.79 Å². The van der Waals surface area contributed by atoms with E-state index in [1.165, 1.54) is 0 Å². The van der Waals surface area contributed by atoms with E-state index >= 15 is 0 Å². The fourth-order valence-corrected chi connectivity index (χ4v) is 3.15. The zero-order valence-electron chi connectivity index (χ0n) is 11.1. The van der Waals surface area contributed by atoms with Crippen LogP contribution >= 0.6 is 15.9 Å². The highest BCUT2D eigenvalue weighted by atomic mass is 79.9. The summed E-state index contributed by atoms with van der Waals surface area (Å²) < 4.78 is 6.17. The highest BCUT2D eigenvalue weighted by Crippen LogP contribution is 2.23. The number of hydrogen-bond donors (Lipinski definition) is 1. The number of likely N-dealkylation sites (tertiary alicyclic amines) is 1. The third-order valence-electron chi connectivity index (χ3n) is 3.73. The number of hydrogen-bond acceptors (Lipinski definition) is 4. The fraction of sp³-hybridized carbons (Fsp3) is 0.400. The van der Waals surface area contributed by atoms with Gasteiger partial charge >= 0.3 is 5.63 Å². The first kappa shape index (κ1) is 13.8. The molecule has 20 heavy (non-hydrogen) atoms. The SMILES string of the molecule is N[C@@H]1CCCN(Cc2cc(=O)oc3cc(Br)ccc23)C1. The summed E-state index contributed by atoms with van der Waals surface area (Å²) >= 11 is 3.40. The van der Waals surface area contributed by atoms with Crippen molar-refractivity contribution < 1.29 is 4.42 Å². The van der Waals surface area contributed by atoms with Gasteiger partial charge in [-0.1, -0.05) is 15.9 Å². The molecule has 106 valence electrons. The minimum atomic E-state index is -0.299. The maximum absolute atomic E-state index is 11.7. The summed E-state index contributed by atoms with van der Waals surface area (Å²) in [6, 6.07) is 7.62. The van der Waals surface area contributed by atoms with E-state index in [4.69, 9.17) is 10.2 Å². The van der Waals surface area contributed by atoms with Crippen molar-refractivity contribution in [2.45, 2.75) is 25.4 Å². The van der Waals surface area contributed by atoms with Crippen molar-refractivity contribution in [3.8, 4) is 0 Å². The van der Waals surface area contributed by atoms with Gasteiger partial charge in [0.15, 0.2) is 0 Å². The van der Waals surface area contributed by atoms with Crippen molar-refractivity contribution in [2.24, 2.45) is 5.73 Å². The zero-order chi connectivity index (χ0) is 14.1. The monoisotopic (exact) mass is 336 g/mol. The molecule has 1 aromatic heterocycles. The molecule has 1 saturated heterocycles. The van der Waals surface area contributed by atoms with Gasteiger partial charge in [-0.15, -0.1) is 0 Å². The Morgan fingerprint density at radius 2 is 2.25 bits per heavy atom. The normalized spacial score (nSPS) is 20.4. The van der Waals surface area contributed by atoms with Gasteiger partial charge in [0.05, 0.1) is 0 Å². The van der Waals surface area contributed by atoms with Crippen LogP contribution in [0.2, 0.25) is 0 Å². The van der Waals surface area contributed by atoms with Crippen LogP contribution in [-0.4, -0.2) is 24.0 Å². The van der Waals surface area contributed by atoms with Crippen molar-refractivity contribution in [2.75, 3.05) is 13.1 Å². The van der Waals surface area contributed by atoms with Crippen LogP contribution in [0.5, 0.6) is 0 Å². The molecular formula is C15H17BrN2O2. The van der Waals surface area contributed by atoms with E-state index < -0.39 is 0 Å². The number of rotatable bonds is 2. The molecule has 0 bridgehead atoms. The molecule has 1 atom stereocenters. The predicted molar refractivity (Wildman–Crippen MR) is 82.7 cm³/mol. The Balaban J connectivity index is 1.96. The van der Waals surface area contributed by atoms with E-state index in [1.807, 2.05) is 18.2 Å². The van der Waals surface area contributed by atoms with E-state index in [-0.39, 0.29) is 11.7 Å². The van der Waals surface area contributed by atoms with Gasteiger partial charge in [-0.2, -0.15) is 0 Å². The maximum Gasteiger partial charge on any atom is 0.336 e. The lowest BCUT2D eigenvalue weighted by Gasteiger charge is -2.30. The smallest absolute Gasteiger partial charge is 0.336 e. The van der Waals surface area contributed by atoms with Gasteiger partial charge in [0.25, 0.3) is 0 Å². The van der Waals surface area contributed by atoms with Crippen LogP contribution in [0.15, 0.2) is 37.9 Å². The topological polar surface area (TPSA) is 59.5 Å². The summed E-state index contributed by atoms with van der Waals surface area (Å²) in [6.45, 7) is 2.67. The Morgan fingerprint density at radius 1 is 1.40 bits per heavy atom. The highest BCUT2D eigenvalue weighted by Gasteiger charge is 2.18. The molecule has 0 saturated carbocycles. The van der Waals surface area contributed by atoms with Crippen LogP contribution in [0.1, 0.15) is 18.4 Å². The molecular weight excluding hydrogens is 320 g/mol. The van der Waals surface area contributed by atoms with Crippen molar-refractivity contribution in [3.05, 3.63) is 44.7 Å². The van der Waals surface area contributed by atoms with Gasteiger partial charge in [-0.25, -0.2) is 4.79 Å². The summed E-state index contributed by atoms with van der Waals surface area (Å²) in [4.78, 5) is 14.0. The van der Waals surface area contributed by atoms with Crippen molar-refractivity contribution in [1.82, 2.24) is 4.90 Å². The lowest BCUT2D eigenvalue weighted by molar-refractivity contribution is 0.202. The molecule has 5 heteroatoms. The second-order valence-corrected chi connectivity index (χ2v) is 6.28. The largest absolute Gasteiger partial charge is 0.423 e. The molecule has 0 radical (unpaired) electrons. The second kappa shape index (κ2) is 5.68.